The molecule has 0 saturated heterocycles. The number of hydrogen-bond donors (Lipinski definition) is 1. The molecular weight excluding hydrogens is 344 g/mol. The number of fused-ring (bicyclic) bond motifs is 1. The highest BCUT2D eigenvalue weighted by atomic mass is 16.5. The van der Waals surface area contributed by atoms with Crippen LogP contribution in [0.4, 0.5) is 0 Å². The smallest absolute Gasteiger partial charge is 0.274 e. The molecule has 1 unspecified atom stereocenters. The molecule has 1 N–H and O–H groups in total. The Morgan fingerprint density at radius 3 is 2.85 bits per heavy atom. The van der Waals surface area contributed by atoms with Crippen LogP contribution >= 0.6 is 0 Å². The maximum absolute atomic E-state index is 12.5. The zero-order chi connectivity index (χ0) is 19.2. The van der Waals surface area contributed by atoms with Crippen LogP contribution in [-0.4, -0.2) is 34.7 Å². The highest BCUT2D eigenvalue weighted by Crippen LogP contribution is 2.28. The number of nitrogens with zero attached hydrogens (tertiary/aromatic N) is 2. The Kier molecular flexibility index (Phi) is 5.88. The predicted molar refractivity (Wildman–Crippen MR) is 104 cm³/mol. The molecule has 0 aliphatic carbocycles. The van der Waals surface area contributed by atoms with Gasteiger partial charge in [-0.1, -0.05) is 30.3 Å². The maximum atomic E-state index is 12.5. The second kappa shape index (κ2) is 8.51. The molecule has 0 bridgehead atoms. The van der Waals surface area contributed by atoms with Gasteiger partial charge >= 0.3 is 0 Å². The van der Waals surface area contributed by atoms with Gasteiger partial charge < -0.3 is 14.6 Å². The van der Waals surface area contributed by atoms with E-state index in [0.29, 0.717) is 16.9 Å². The van der Waals surface area contributed by atoms with E-state index < -0.39 is 6.10 Å². The molecule has 3 rings (SSSR count). The number of hydrogen-bond acceptors (Lipinski definition) is 5. The van der Waals surface area contributed by atoms with Crippen LogP contribution in [0, 0.1) is 0 Å². The molecule has 0 saturated carbocycles. The Morgan fingerprint density at radius 2 is 2.07 bits per heavy atom. The van der Waals surface area contributed by atoms with Gasteiger partial charge in [0, 0.05) is 5.39 Å². The number of aliphatic hydroxyl groups is 1. The Bertz CT molecular complexity index is 997. The van der Waals surface area contributed by atoms with Crippen molar-refractivity contribution in [1.29, 1.82) is 0 Å². The van der Waals surface area contributed by atoms with Gasteiger partial charge in [0.15, 0.2) is 11.5 Å². The zero-order valence-corrected chi connectivity index (χ0v) is 15.2. The normalized spacial score (nSPS) is 11.9. The minimum Gasteiger partial charge on any atom is -0.493 e. The van der Waals surface area contributed by atoms with Crippen LogP contribution in [0.3, 0.4) is 0 Å². The molecule has 1 atom stereocenters. The van der Waals surface area contributed by atoms with Crippen molar-refractivity contribution in [2.75, 3.05) is 13.7 Å². The Morgan fingerprint density at radius 1 is 1.26 bits per heavy atom. The summed E-state index contributed by atoms with van der Waals surface area (Å²) in [5, 5.41) is 15.7. The largest absolute Gasteiger partial charge is 0.493 e. The van der Waals surface area contributed by atoms with Gasteiger partial charge in [0.1, 0.15) is 12.7 Å². The highest BCUT2D eigenvalue weighted by Gasteiger charge is 2.12. The van der Waals surface area contributed by atoms with Crippen molar-refractivity contribution in [2.24, 2.45) is 0 Å². The van der Waals surface area contributed by atoms with E-state index in [-0.39, 0.29) is 18.7 Å². The first-order valence-corrected chi connectivity index (χ1v) is 8.66. The molecule has 0 radical (unpaired) electrons. The first-order valence-electron chi connectivity index (χ1n) is 8.66. The molecule has 140 valence electrons. The Balaban J connectivity index is 1.68. The summed E-state index contributed by atoms with van der Waals surface area (Å²) in [5.74, 6) is 1.12. The average Bonchev–Trinajstić information content (AvgIpc) is 2.69. The van der Waals surface area contributed by atoms with Gasteiger partial charge in [-0.05, 0) is 30.2 Å². The maximum Gasteiger partial charge on any atom is 0.274 e. The fourth-order valence-corrected chi connectivity index (χ4v) is 2.82. The SMILES string of the molecule is C=CCc1ccc(OCC(O)Cn2ncc3ccccc3c2=O)c(OC)c1. The lowest BCUT2D eigenvalue weighted by Gasteiger charge is -2.16. The second-order valence-electron chi connectivity index (χ2n) is 6.16. The Labute approximate surface area is 157 Å². The summed E-state index contributed by atoms with van der Waals surface area (Å²) < 4.78 is 12.3. The average molecular weight is 366 g/mol. The second-order valence-corrected chi connectivity index (χ2v) is 6.16. The summed E-state index contributed by atoms with van der Waals surface area (Å²) in [6.07, 6.45) is 3.27. The quantitative estimate of drug-likeness (QED) is 0.620. The van der Waals surface area contributed by atoms with E-state index >= 15 is 0 Å². The number of rotatable bonds is 8. The Hall–Kier alpha value is -3.12. The summed E-state index contributed by atoms with van der Waals surface area (Å²) in [5.41, 5.74) is 0.820. The molecule has 0 fully saturated rings. The van der Waals surface area contributed by atoms with E-state index in [4.69, 9.17) is 9.47 Å². The number of benzene rings is 2. The molecule has 3 aromatic rings. The monoisotopic (exact) mass is 366 g/mol. The molecule has 0 aliphatic heterocycles. The van der Waals surface area contributed by atoms with Gasteiger partial charge in [-0.2, -0.15) is 5.10 Å². The fraction of sp³-hybridized carbons (Fsp3) is 0.238. The lowest BCUT2D eigenvalue weighted by Crippen LogP contribution is -2.31. The van der Waals surface area contributed by atoms with Crippen molar-refractivity contribution in [3.63, 3.8) is 0 Å². The lowest BCUT2D eigenvalue weighted by atomic mass is 10.1. The summed E-state index contributed by atoms with van der Waals surface area (Å²) in [6, 6.07) is 12.8. The van der Waals surface area contributed by atoms with Crippen LogP contribution in [0.2, 0.25) is 0 Å². The van der Waals surface area contributed by atoms with Crippen LogP contribution in [-0.2, 0) is 13.0 Å². The van der Waals surface area contributed by atoms with E-state index in [1.165, 1.54) is 4.68 Å². The standard InChI is InChI=1S/C21H22N2O4/c1-3-6-15-9-10-19(20(11-15)26-2)27-14-17(24)13-23-21(25)18-8-5-4-7-16(18)12-22-23/h3-5,7-12,17,24H,1,6,13-14H2,2H3. The number of allylic oxidation sites excluding steroid dienone is 1. The molecule has 6 nitrogen and oxygen atoms in total. The van der Waals surface area contributed by atoms with E-state index in [1.807, 2.05) is 30.3 Å². The van der Waals surface area contributed by atoms with E-state index in [2.05, 4.69) is 11.7 Å². The van der Waals surface area contributed by atoms with Gasteiger partial charge in [0.05, 0.1) is 25.2 Å². The zero-order valence-electron chi connectivity index (χ0n) is 15.2. The van der Waals surface area contributed by atoms with Gasteiger partial charge in [0.25, 0.3) is 5.56 Å². The minimum atomic E-state index is -0.895. The minimum absolute atomic E-state index is 0.0120. The molecule has 2 aromatic carbocycles. The van der Waals surface area contributed by atoms with E-state index in [9.17, 15) is 9.90 Å². The van der Waals surface area contributed by atoms with Crippen LogP contribution in [0.15, 0.2) is 66.1 Å². The third-order valence-electron chi connectivity index (χ3n) is 4.18. The van der Waals surface area contributed by atoms with E-state index in [1.54, 1.807) is 31.5 Å². The summed E-state index contributed by atoms with van der Waals surface area (Å²) in [4.78, 5) is 12.5. The van der Waals surface area contributed by atoms with Crippen molar-refractivity contribution in [2.45, 2.75) is 19.1 Å². The van der Waals surface area contributed by atoms with Gasteiger partial charge in [-0.15, -0.1) is 6.58 Å². The van der Waals surface area contributed by atoms with Gasteiger partial charge in [-0.3, -0.25) is 4.79 Å². The van der Waals surface area contributed by atoms with Crippen molar-refractivity contribution >= 4 is 10.8 Å². The van der Waals surface area contributed by atoms with Crippen LogP contribution < -0.4 is 15.0 Å². The van der Waals surface area contributed by atoms with Crippen molar-refractivity contribution in [3.8, 4) is 11.5 Å². The molecule has 1 aromatic heterocycles. The van der Waals surface area contributed by atoms with Crippen LogP contribution in [0.25, 0.3) is 10.8 Å². The molecular formula is C21H22N2O4. The van der Waals surface area contributed by atoms with E-state index in [0.717, 1.165) is 17.4 Å². The number of aliphatic hydroxyl groups excluding tert-OH is 1. The fourth-order valence-electron chi connectivity index (χ4n) is 2.82. The number of aromatic nitrogens is 2. The molecule has 0 aliphatic rings. The number of ether oxygens (including phenoxy) is 2. The van der Waals surface area contributed by atoms with Gasteiger partial charge in [0.2, 0.25) is 0 Å². The topological polar surface area (TPSA) is 73.6 Å². The molecule has 0 spiro atoms. The van der Waals surface area contributed by atoms with Crippen molar-refractivity contribution in [3.05, 3.63) is 77.2 Å². The molecule has 6 heteroatoms. The van der Waals surface area contributed by atoms with Crippen LogP contribution in [0.1, 0.15) is 5.56 Å². The third-order valence-corrected chi connectivity index (χ3v) is 4.18. The summed E-state index contributed by atoms with van der Waals surface area (Å²) in [6.45, 7) is 3.77. The number of methoxy groups -OCH3 is 1. The lowest BCUT2D eigenvalue weighted by molar-refractivity contribution is 0.0867. The summed E-state index contributed by atoms with van der Waals surface area (Å²) >= 11 is 0. The molecule has 0 amide bonds. The first-order chi connectivity index (χ1) is 13.1. The molecule has 1 heterocycles. The van der Waals surface area contributed by atoms with Crippen molar-refractivity contribution < 1.29 is 14.6 Å². The summed E-state index contributed by atoms with van der Waals surface area (Å²) in [7, 11) is 1.56. The predicted octanol–water partition coefficient (Wildman–Crippen LogP) is 2.57. The van der Waals surface area contributed by atoms with Gasteiger partial charge in [-0.25, -0.2) is 4.68 Å². The molecule has 27 heavy (non-hydrogen) atoms. The first kappa shape index (κ1) is 18.7. The highest BCUT2D eigenvalue weighted by molar-refractivity contribution is 5.80. The third kappa shape index (κ3) is 4.35. The van der Waals surface area contributed by atoms with Crippen LogP contribution in [0.5, 0.6) is 11.5 Å². The van der Waals surface area contributed by atoms with Crippen molar-refractivity contribution in [1.82, 2.24) is 9.78 Å².